The average Bonchev–Trinajstić information content (AvgIpc) is 3.68. The van der Waals surface area contributed by atoms with Crippen LogP contribution in [0.4, 0.5) is 13.2 Å². The molecule has 6 rings (SSSR count). The Morgan fingerprint density at radius 1 is 1.18 bits per heavy atom. The number of halogens is 3. The number of hydrogen-bond donors (Lipinski definition) is 1. The van der Waals surface area contributed by atoms with E-state index in [2.05, 4.69) is 5.10 Å². The second-order valence-corrected chi connectivity index (χ2v) is 9.98. The Kier molecular flexibility index (Phi) is 4.41. The number of aliphatic hydroxyl groups excluding tert-OH is 1. The van der Waals surface area contributed by atoms with Crippen molar-refractivity contribution in [2.45, 2.75) is 56.8 Å². The molecule has 4 atom stereocenters. The molecule has 33 heavy (non-hydrogen) atoms. The maximum atomic E-state index is 13.8. The van der Waals surface area contributed by atoms with Crippen molar-refractivity contribution in [1.82, 2.24) is 19.4 Å². The van der Waals surface area contributed by atoms with Gasteiger partial charge in [0.05, 0.1) is 17.7 Å². The minimum Gasteiger partial charge on any atom is -0.391 e. The fourth-order valence-electron chi connectivity index (χ4n) is 5.71. The summed E-state index contributed by atoms with van der Waals surface area (Å²) in [4.78, 5) is 29.1. The molecule has 2 unspecified atom stereocenters. The summed E-state index contributed by atoms with van der Waals surface area (Å²) in [7, 11) is 0. The van der Waals surface area contributed by atoms with Crippen LogP contribution in [0.5, 0.6) is 0 Å². The number of carbonyl (C=O) groups is 2. The van der Waals surface area contributed by atoms with Gasteiger partial charge in [0, 0.05) is 18.7 Å². The number of aliphatic hydroxyl groups is 1. The first-order valence-electron chi connectivity index (χ1n) is 11.5. The Bertz CT molecular complexity index is 1170. The first-order valence-corrected chi connectivity index (χ1v) is 11.5. The SMILES string of the molecule is Cc1c(C(=O)N2CCN(C3CC4C[C@@H]4[C@@H]3O)C(=O)C2)nn2c(C(F)(F)F)cc(C3CC3)cc12. The third-order valence-corrected chi connectivity index (χ3v) is 7.84. The second-order valence-electron chi connectivity index (χ2n) is 9.98. The molecule has 176 valence electrons. The molecule has 0 radical (unpaired) electrons. The summed E-state index contributed by atoms with van der Waals surface area (Å²) in [6.07, 6.45) is -1.60. The first-order chi connectivity index (χ1) is 15.6. The fourth-order valence-corrected chi connectivity index (χ4v) is 5.71. The summed E-state index contributed by atoms with van der Waals surface area (Å²) < 4.78 is 42.1. The summed E-state index contributed by atoms with van der Waals surface area (Å²) in [5.41, 5.74) is 0.326. The average molecular weight is 462 g/mol. The monoisotopic (exact) mass is 462 g/mol. The summed E-state index contributed by atoms with van der Waals surface area (Å²) in [6.45, 7) is 2.00. The molecule has 2 amide bonds. The number of amides is 2. The zero-order valence-electron chi connectivity index (χ0n) is 18.2. The molecular formula is C23H25F3N4O3. The molecule has 1 aliphatic heterocycles. The summed E-state index contributed by atoms with van der Waals surface area (Å²) in [5, 5.41) is 14.5. The van der Waals surface area contributed by atoms with Gasteiger partial charge in [-0.1, -0.05) is 0 Å². The van der Waals surface area contributed by atoms with Crippen LogP contribution < -0.4 is 0 Å². The van der Waals surface area contributed by atoms with Gasteiger partial charge in [-0.05, 0) is 68.1 Å². The van der Waals surface area contributed by atoms with Gasteiger partial charge in [0.15, 0.2) is 5.69 Å². The highest BCUT2D eigenvalue weighted by Gasteiger charge is 2.55. The van der Waals surface area contributed by atoms with Crippen LogP contribution in [0.15, 0.2) is 12.1 Å². The molecule has 0 spiro atoms. The zero-order chi connectivity index (χ0) is 23.2. The predicted octanol–water partition coefficient (Wildman–Crippen LogP) is 2.59. The first kappa shape index (κ1) is 20.9. The van der Waals surface area contributed by atoms with Crippen LogP contribution in [0, 0.1) is 18.8 Å². The van der Waals surface area contributed by atoms with Gasteiger partial charge >= 0.3 is 6.18 Å². The molecule has 10 heteroatoms. The Labute approximate surface area is 188 Å². The molecule has 3 aliphatic carbocycles. The maximum absolute atomic E-state index is 13.8. The second kappa shape index (κ2) is 6.94. The smallest absolute Gasteiger partial charge is 0.391 e. The summed E-state index contributed by atoms with van der Waals surface area (Å²) in [5.74, 6) is 0.105. The van der Waals surface area contributed by atoms with Crippen molar-refractivity contribution in [3.63, 3.8) is 0 Å². The number of nitrogens with zero attached hydrogens (tertiary/aromatic N) is 4. The molecule has 1 N–H and O–H groups in total. The highest BCUT2D eigenvalue weighted by Crippen LogP contribution is 2.53. The third-order valence-electron chi connectivity index (χ3n) is 7.84. The number of rotatable bonds is 3. The van der Waals surface area contributed by atoms with Gasteiger partial charge in [0.2, 0.25) is 5.91 Å². The Morgan fingerprint density at radius 2 is 1.94 bits per heavy atom. The van der Waals surface area contributed by atoms with E-state index < -0.39 is 23.9 Å². The van der Waals surface area contributed by atoms with E-state index in [-0.39, 0.29) is 48.1 Å². The molecule has 0 bridgehead atoms. The van der Waals surface area contributed by atoms with Gasteiger partial charge in [-0.15, -0.1) is 0 Å². The number of aromatic nitrogens is 2. The van der Waals surface area contributed by atoms with Crippen LogP contribution in [0.3, 0.4) is 0 Å². The van der Waals surface area contributed by atoms with Crippen molar-refractivity contribution < 1.29 is 27.9 Å². The molecule has 3 saturated carbocycles. The molecule has 3 heterocycles. The lowest BCUT2D eigenvalue weighted by atomic mass is 10.1. The normalized spacial score (nSPS) is 29.7. The Balaban J connectivity index is 1.27. The van der Waals surface area contributed by atoms with Crippen LogP contribution in [0.2, 0.25) is 0 Å². The number of pyridine rings is 1. The van der Waals surface area contributed by atoms with Crippen molar-refractivity contribution in [1.29, 1.82) is 0 Å². The number of fused-ring (bicyclic) bond motifs is 2. The van der Waals surface area contributed by atoms with Crippen molar-refractivity contribution in [2.75, 3.05) is 19.6 Å². The van der Waals surface area contributed by atoms with Gasteiger partial charge < -0.3 is 14.9 Å². The fraction of sp³-hybridized carbons (Fsp3) is 0.609. The molecular weight excluding hydrogens is 437 g/mol. The molecule has 7 nitrogen and oxygen atoms in total. The number of carbonyl (C=O) groups excluding carboxylic acids is 2. The maximum Gasteiger partial charge on any atom is 0.433 e. The third kappa shape index (κ3) is 3.33. The Morgan fingerprint density at radius 3 is 2.55 bits per heavy atom. The summed E-state index contributed by atoms with van der Waals surface area (Å²) in [6, 6.07) is 2.62. The molecule has 2 aromatic heterocycles. The molecule has 2 aromatic rings. The lowest BCUT2D eigenvalue weighted by Gasteiger charge is -2.39. The number of alkyl halides is 3. The quantitative estimate of drug-likeness (QED) is 0.761. The molecule has 1 saturated heterocycles. The largest absolute Gasteiger partial charge is 0.433 e. The van der Waals surface area contributed by atoms with E-state index in [1.807, 2.05) is 0 Å². The lowest BCUT2D eigenvalue weighted by Crippen LogP contribution is -2.57. The van der Waals surface area contributed by atoms with Crippen molar-refractivity contribution in [2.24, 2.45) is 11.8 Å². The van der Waals surface area contributed by atoms with Gasteiger partial charge in [0.25, 0.3) is 5.91 Å². The molecule has 4 aliphatic rings. The van der Waals surface area contributed by atoms with Crippen molar-refractivity contribution in [3.8, 4) is 0 Å². The standard InChI is InChI=1S/C23H25F3N4O3/c1-11-16-7-13(12-2-3-12)9-18(23(24,25)26)30(16)27-20(11)22(33)28-4-5-29(19(31)10-28)17-8-14-6-15(14)21(17)32/h7,9,12,14-15,17,21,32H,2-6,8,10H2,1H3/t14?,15-,17?,21-/m0/s1. The van der Waals surface area contributed by atoms with Crippen molar-refractivity contribution >= 4 is 17.3 Å². The topological polar surface area (TPSA) is 78.2 Å². The van der Waals surface area contributed by atoms with E-state index >= 15 is 0 Å². The lowest BCUT2D eigenvalue weighted by molar-refractivity contribution is -0.142. The van der Waals surface area contributed by atoms with E-state index in [1.54, 1.807) is 17.9 Å². The van der Waals surface area contributed by atoms with Crippen LogP contribution in [0.1, 0.15) is 58.9 Å². The number of aryl methyl sites for hydroxylation is 1. The van der Waals surface area contributed by atoms with Crippen LogP contribution >= 0.6 is 0 Å². The highest BCUT2D eigenvalue weighted by atomic mass is 19.4. The van der Waals surface area contributed by atoms with Gasteiger partial charge in [0.1, 0.15) is 12.2 Å². The van der Waals surface area contributed by atoms with E-state index in [4.69, 9.17) is 0 Å². The van der Waals surface area contributed by atoms with Gasteiger partial charge in [-0.3, -0.25) is 9.59 Å². The van der Waals surface area contributed by atoms with Crippen LogP contribution in [-0.4, -0.2) is 68.1 Å². The minimum atomic E-state index is -4.60. The zero-order valence-corrected chi connectivity index (χ0v) is 18.2. The van der Waals surface area contributed by atoms with Crippen molar-refractivity contribution in [3.05, 3.63) is 34.6 Å². The predicted molar refractivity (Wildman–Crippen MR) is 111 cm³/mol. The van der Waals surface area contributed by atoms with Gasteiger partial charge in [-0.2, -0.15) is 18.3 Å². The number of piperazine rings is 1. The minimum absolute atomic E-state index is 0.0585. The van der Waals surface area contributed by atoms with E-state index in [0.717, 1.165) is 36.3 Å². The van der Waals surface area contributed by atoms with E-state index in [1.165, 1.54) is 4.90 Å². The Hall–Kier alpha value is -2.62. The van der Waals surface area contributed by atoms with E-state index in [0.29, 0.717) is 23.6 Å². The van der Waals surface area contributed by atoms with Crippen LogP contribution in [-0.2, 0) is 11.0 Å². The van der Waals surface area contributed by atoms with Crippen LogP contribution in [0.25, 0.3) is 5.52 Å². The highest BCUT2D eigenvalue weighted by molar-refractivity contribution is 5.98. The summed E-state index contributed by atoms with van der Waals surface area (Å²) >= 11 is 0. The van der Waals surface area contributed by atoms with Gasteiger partial charge in [-0.25, -0.2) is 4.52 Å². The number of hydrogen-bond acceptors (Lipinski definition) is 4. The molecule has 0 aromatic carbocycles. The molecule has 4 fully saturated rings. The van der Waals surface area contributed by atoms with E-state index in [9.17, 15) is 27.9 Å².